The Hall–Kier alpha value is -0.103. The van der Waals surface area contributed by atoms with Crippen LogP contribution in [-0.4, -0.2) is 106 Å². The molecule has 0 aromatic carbocycles. The van der Waals surface area contributed by atoms with E-state index >= 15 is 0 Å². The summed E-state index contributed by atoms with van der Waals surface area (Å²) < 4.78 is 38.2. The summed E-state index contributed by atoms with van der Waals surface area (Å²) in [6, 6.07) is 0. The zero-order chi connectivity index (χ0) is 21.8. The van der Waals surface area contributed by atoms with Crippen molar-refractivity contribution in [1.82, 2.24) is 0 Å². The van der Waals surface area contributed by atoms with Gasteiger partial charge in [0.05, 0.1) is 92.5 Å². The van der Waals surface area contributed by atoms with Gasteiger partial charge in [-0.2, -0.15) is 0 Å². The standard InChI is InChI=1S/C20H44O8Si/c1-20(2,3)29(4,5)28-19-18-27-17-16-26-15-14-25-13-12-24-11-10-23-9-8-22-7-6-21/h21H,6-19H2,1-5H3. The Labute approximate surface area is 178 Å². The normalized spacial score (nSPS) is 12.6. The molecule has 0 radical (unpaired) electrons. The third kappa shape index (κ3) is 18.4. The average molecular weight is 441 g/mol. The number of aliphatic hydroxyl groups excluding tert-OH is 1. The Morgan fingerprint density at radius 1 is 0.517 bits per heavy atom. The summed E-state index contributed by atoms with van der Waals surface area (Å²) in [5.74, 6) is 0. The van der Waals surface area contributed by atoms with Crippen LogP contribution in [0.3, 0.4) is 0 Å². The fourth-order valence-electron chi connectivity index (χ4n) is 1.84. The maximum atomic E-state index is 8.54. The Bertz CT molecular complexity index is 350. The Morgan fingerprint density at radius 2 is 0.793 bits per heavy atom. The molecule has 9 heteroatoms. The van der Waals surface area contributed by atoms with Crippen molar-refractivity contribution in [2.45, 2.75) is 38.9 Å². The SMILES string of the molecule is CC(C)(C)[Si](C)(C)OCCOCCOCCOCCOCCOCCOCCO. The number of aliphatic hydroxyl groups is 1. The lowest BCUT2D eigenvalue weighted by Gasteiger charge is -2.36. The molecule has 0 aromatic rings. The van der Waals surface area contributed by atoms with Crippen molar-refractivity contribution in [3.05, 3.63) is 0 Å². The molecule has 0 amide bonds. The highest BCUT2D eigenvalue weighted by atomic mass is 28.4. The van der Waals surface area contributed by atoms with Crippen LogP contribution in [-0.2, 0) is 32.8 Å². The minimum absolute atomic E-state index is 0.0367. The molecule has 0 heterocycles. The van der Waals surface area contributed by atoms with Gasteiger partial charge in [0.25, 0.3) is 0 Å². The minimum Gasteiger partial charge on any atom is -0.414 e. The molecule has 29 heavy (non-hydrogen) atoms. The van der Waals surface area contributed by atoms with E-state index in [4.69, 9.17) is 38.0 Å². The molecule has 8 nitrogen and oxygen atoms in total. The van der Waals surface area contributed by atoms with Gasteiger partial charge >= 0.3 is 0 Å². The molecule has 0 rings (SSSR count). The van der Waals surface area contributed by atoms with Gasteiger partial charge < -0.3 is 38.0 Å². The first kappa shape index (κ1) is 28.9. The van der Waals surface area contributed by atoms with Crippen molar-refractivity contribution in [2.24, 2.45) is 0 Å². The molecule has 1 N–H and O–H groups in total. The quantitative estimate of drug-likeness (QED) is 0.215. The molecule has 0 aliphatic carbocycles. The van der Waals surface area contributed by atoms with E-state index in [1.807, 2.05) is 0 Å². The number of hydrogen-bond acceptors (Lipinski definition) is 8. The van der Waals surface area contributed by atoms with Crippen LogP contribution in [0, 0.1) is 0 Å². The van der Waals surface area contributed by atoms with Crippen molar-refractivity contribution in [3.8, 4) is 0 Å². The van der Waals surface area contributed by atoms with Crippen LogP contribution in [0.1, 0.15) is 20.8 Å². The molecule has 0 unspecified atom stereocenters. The van der Waals surface area contributed by atoms with Gasteiger partial charge in [0, 0.05) is 0 Å². The van der Waals surface area contributed by atoms with Crippen LogP contribution < -0.4 is 0 Å². The summed E-state index contributed by atoms with van der Waals surface area (Å²) in [6.07, 6.45) is 0. The van der Waals surface area contributed by atoms with Gasteiger partial charge in [0.1, 0.15) is 0 Å². The van der Waals surface area contributed by atoms with Gasteiger partial charge in [-0.15, -0.1) is 0 Å². The molecule has 0 saturated heterocycles. The maximum absolute atomic E-state index is 8.54. The lowest BCUT2D eigenvalue weighted by atomic mass is 10.2. The Morgan fingerprint density at radius 3 is 1.07 bits per heavy atom. The highest BCUT2D eigenvalue weighted by Gasteiger charge is 2.36. The van der Waals surface area contributed by atoms with Gasteiger partial charge in [0.15, 0.2) is 8.32 Å². The lowest BCUT2D eigenvalue weighted by molar-refractivity contribution is -0.0192. The van der Waals surface area contributed by atoms with Gasteiger partial charge in [-0.3, -0.25) is 0 Å². The van der Waals surface area contributed by atoms with Gasteiger partial charge in [-0.25, -0.2) is 0 Å². The van der Waals surface area contributed by atoms with Gasteiger partial charge in [0.2, 0.25) is 0 Å². The third-order valence-electron chi connectivity index (χ3n) is 4.59. The zero-order valence-corrected chi connectivity index (χ0v) is 20.2. The highest BCUT2D eigenvalue weighted by molar-refractivity contribution is 6.74. The number of ether oxygens (including phenoxy) is 6. The van der Waals surface area contributed by atoms with Crippen molar-refractivity contribution < 1.29 is 38.0 Å². The van der Waals surface area contributed by atoms with E-state index in [1.165, 1.54) is 0 Å². The monoisotopic (exact) mass is 440 g/mol. The zero-order valence-electron chi connectivity index (χ0n) is 19.2. The summed E-state index contributed by atoms with van der Waals surface area (Å²) in [5.41, 5.74) is 0. The molecule has 0 bridgehead atoms. The fourth-order valence-corrected chi connectivity index (χ4v) is 2.87. The third-order valence-corrected chi connectivity index (χ3v) is 9.13. The first-order valence-corrected chi connectivity index (χ1v) is 13.4. The van der Waals surface area contributed by atoms with E-state index in [1.54, 1.807) is 0 Å². The second-order valence-corrected chi connectivity index (χ2v) is 12.8. The second kappa shape index (κ2) is 18.6. The topological polar surface area (TPSA) is 84.8 Å². The van der Waals surface area contributed by atoms with E-state index in [-0.39, 0.29) is 11.6 Å². The van der Waals surface area contributed by atoms with Crippen LogP contribution in [0.15, 0.2) is 0 Å². The molecule has 0 atom stereocenters. The van der Waals surface area contributed by atoms with E-state index in [0.717, 1.165) is 0 Å². The van der Waals surface area contributed by atoms with Gasteiger partial charge in [-0.1, -0.05) is 20.8 Å². The summed E-state index contributed by atoms with van der Waals surface area (Å²) in [4.78, 5) is 0. The average Bonchev–Trinajstić information content (AvgIpc) is 2.65. The number of rotatable bonds is 21. The van der Waals surface area contributed by atoms with Crippen molar-refractivity contribution in [3.63, 3.8) is 0 Å². The molecule has 0 spiro atoms. The number of hydrogen-bond donors (Lipinski definition) is 1. The van der Waals surface area contributed by atoms with Crippen molar-refractivity contribution in [1.29, 1.82) is 0 Å². The fraction of sp³-hybridized carbons (Fsp3) is 1.00. The lowest BCUT2D eigenvalue weighted by Crippen LogP contribution is -2.41. The predicted molar refractivity (Wildman–Crippen MR) is 115 cm³/mol. The first-order valence-electron chi connectivity index (χ1n) is 10.5. The molecule has 0 aliphatic rings. The van der Waals surface area contributed by atoms with Crippen LogP contribution in [0.5, 0.6) is 0 Å². The molecule has 0 saturated carbocycles. The largest absolute Gasteiger partial charge is 0.414 e. The summed E-state index contributed by atoms with van der Waals surface area (Å²) in [6.45, 7) is 18.1. The summed E-state index contributed by atoms with van der Waals surface area (Å²) >= 11 is 0. The molecular weight excluding hydrogens is 396 g/mol. The summed E-state index contributed by atoms with van der Waals surface area (Å²) in [7, 11) is -1.68. The van der Waals surface area contributed by atoms with E-state index < -0.39 is 8.32 Å². The predicted octanol–water partition coefficient (Wildman–Crippen LogP) is 2.10. The Balaban J connectivity index is 3.17. The van der Waals surface area contributed by atoms with E-state index in [2.05, 4.69) is 33.9 Å². The molecule has 0 fully saturated rings. The van der Waals surface area contributed by atoms with Crippen LogP contribution in [0.2, 0.25) is 18.1 Å². The van der Waals surface area contributed by atoms with Crippen LogP contribution in [0.4, 0.5) is 0 Å². The molecule has 0 aromatic heterocycles. The van der Waals surface area contributed by atoms with E-state index in [0.29, 0.717) is 85.9 Å². The molecule has 0 aliphatic heterocycles. The second-order valence-electron chi connectivity index (χ2n) is 8.01. The first-order chi connectivity index (χ1) is 13.8. The van der Waals surface area contributed by atoms with E-state index in [9.17, 15) is 0 Å². The van der Waals surface area contributed by atoms with Crippen LogP contribution in [0.25, 0.3) is 0 Å². The smallest absolute Gasteiger partial charge is 0.192 e. The van der Waals surface area contributed by atoms with Gasteiger partial charge in [-0.05, 0) is 18.1 Å². The molecule has 176 valence electrons. The van der Waals surface area contributed by atoms with Crippen LogP contribution >= 0.6 is 0 Å². The summed E-state index contributed by atoms with van der Waals surface area (Å²) in [5, 5.41) is 8.77. The highest BCUT2D eigenvalue weighted by Crippen LogP contribution is 2.36. The van der Waals surface area contributed by atoms with Crippen molar-refractivity contribution in [2.75, 3.05) is 92.5 Å². The van der Waals surface area contributed by atoms with Crippen molar-refractivity contribution >= 4 is 8.32 Å². The maximum Gasteiger partial charge on any atom is 0.192 e. The minimum atomic E-state index is -1.68. The Kier molecular flexibility index (Phi) is 18.6. The molecular formula is C20H44O8Si.